The van der Waals surface area contributed by atoms with Gasteiger partial charge in [0.05, 0.1) is 12.7 Å². The molecule has 0 saturated carbocycles. The lowest BCUT2D eigenvalue weighted by Crippen LogP contribution is -2.07. The second-order valence-electron chi connectivity index (χ2n) is 4.74. The zero-order chi connectivity index (χ0) is 16.1. The number of carbonyl (C=O) groups is 2. The molecule has 0 radical (unpaired) electrons. The van der Waals surface area contributed by atoms with Crippen molar-refractivity contribution in [2.75, 3.05) is 7.11 Å². The van der Waals surface area contributed by atoms with Crippen molar-refractivity contribution in [3.8, 4) is 5.75 Å². The van der Waals surface area contributed by atoms with Crippen molar-refractivity contribution >= 4 is 11.9 Å². The Hall–Kier alpha value is -2.82. The molecule has 0 aliphatic heterocycles. The van der Waals surface area contributed by atoms with Gasteiger partial charge in [-0.2, -0.15) is 0 Å². The highest BCUT2D eigenvalue weighted by Gasteiger charge is 2.14. The van der Waals surface area contributed by atoms with Crippen LogP contribution in [0, 0.1) is 6.92 Å². The minimum Gasteiger partial charge on any atom is -0.507 e. The van der Waals surface area contributed by atoms with Gasteiger partial charge in [-0.3, -0.25) is 0 Å². The average molecular weight is 300 g/mol. The quantitative estimate of drug-likeness (QED) is 0.879. The first-order valence-corrected chi connectivity index (χ1v) is 6.66. The van der Waals surface area contributed by atoms with Gasteiger partial charge in [0.1, 0.15) is 17.9 Å². The minimum absolute atomic E-state index is 0.00293. The Kier molecular flexibility index (Phi) is 4.78. The summed E-state index contributed by atoms with van der Waals surface area (Å²) >= 11 is 0. The number of esters is 2. The third-order valence-corrected chi connectivity index (χ3v) is 3.18. The molecule has 22 heavy (non-hydrogen) atoms. The molecule has 2 aromatic rings. The molecule has 0 bridgehead atoms. The van der Waals surface area contributed by atoms with Crippen LogP contribution in [0.15, 0.2) is 42.5 Å². The predicted octanol–water partition coefficient (Wildman–Crippen LogP) is 2.84. The van der Waals surface area contributed by atoms with Crippen LogP contribution in [-0.2, 0) is 16.1 Å². The molecule has 5 heteroatoms. The lowest BCUT2D eigenvalue weighted by Gasteiger charge is -2.08. The molecule has 114 valence electrons. The summed E-state index contributed by atoms with van der Waals surface area (Å²) in [7, 11) is 1.30. The van der Waals surface area contributed by atoms with E-state index in [1.54, 1.807) is 43.3 Å². The van der Waals surface area contributed by atoms with Crippen LogP contribution in [0.2, 0.25) is 0 Å². The Morgan fingerprint density at radius 3 is 2.55 bits per heavy atom. The summed E-state index contributed by atoms with van der Waals surface area (Å²) in [5.74, 6) is -1.16. The van der Waals surface area contributed by atoms with Gasteiger partial charge in [0.2, 0.25) is 0 Å². The maximum Gasteiger partial charge on any atom is 0.342 e. The van der Waals surface area contributed by atoms with E-state index in [-0.39, 0.29) is 17.9 Å². The molecule has 0 fully saturated rings. The van der Waals surface area contributed by atoms with Crippen molar-refractivity contribution in [3.63, 3.8) is 0 Å². The van der Waals surface area contributed by atoms with Gasteiger partial charge < -0.3 is 14.6 Å². The number of methoxy groups -OCH3 is 1. The lowest BCUT2D eigenvalue weighted by atomic mass is 10.1. The van der Waals surface area contributed by atoms with Gasteiger partial charge in [0.25, 0.3) is 0 Å². The monoisotopic (exact) mass is 300 g/mol. The van der Waals surface area contributed by atoms with Gasteiger partial charge in [-0.1, -0.05) is 24.3 Å². The zero-order valence-corrected chi connectivity index (χ0v) is 12.3. The Morgan fingerprint density at radius 2 is 1.82 bits per heavy atom. The first kappa shape index (κ1) is 15.6. The number of benzene rings is 2. The molecule has 0 atom stereocenters. The molecule has 0 amide bonds. The zero-order valence-electron chi connectivity index (χ0n) is 12.3. The van der Waals surface area contributed by atoms with Crippen molar-refractivity contribution < 1.29 is 24.2 Å². The summed E-state index contributed by atoms with van der Waals surface area (Å²) in [6, 6.07) is 11.5. The first-order chi connectivity index (χ1) is 10.5. The molecular weight excluding hydrogens is 284 g/mol. The van der Waals surface area contributed by atoms with Crippen LogP contribution in [0.1, 0.15) is 31.8 Å². The molecule has 0 aromatic heterocycles. The summed E-state index contributed by atoms with van der Waals surface area (Å²) in [6.07, 6.45) is 0. The molecule has 0 aliphatic rings. The van der Waals surface area contributed by atoms with Crippen molar-refractivity contribution in [3.05, 3.63) is 64.7 Å². The summed E-state index contributed by atoms with van der Waals surface area (Å²) in [4.78, 5) is 23.4. The maximum atomic E-state index is 12.0. The maximum absolute atomic E-state index is 12.0. The normalized spacial score (nSPS) is 10.1. The van der Waals surface area contributed by atoms with Crippen molar-refractivity contribution in [1.82, 2.24) is 0 Å². The molecule has 1 N–H and O–H groups in total. The lowest BCUT2D eigenvalue weighted by molar-refractivity contribution is 0.0469. The number of carbonyl (C=O) groups excluding carboxylic acids is 2. The van der Waals surface area contributed by atoms with Gasteiger partial charge in [-0.15, -0.1) is 0 Å². The topological polar surface area (TPSA) is 72.8 Å². The van der Waals surface area contributed by atoms with E-state index in [2.05, 4.69) is 4.74 Å². The van der Waals surface area contributed by atoms with Gasteiger partial charge >= 0.3 is 11.9 Å². The van der Waals surface area contributed by atoms with E-state index in [0.717, 1.165) is 0 Å². The molecular formula is C17H16O5. The fourth-order valence-electron chi connectivity index (χ4n) is 1.96. The fraction of sp³-hybridized carbons (Fsp3) is 0.176. The third kappa shape index (κ3) is 3.44. The van der Waals surface area contributed by atoms with E-state index in [9.17, 15) is 14.7 Å². The SMILES string of the molecule is COC(=O)c1cccc(COC(=O)c2cccc(C)c2O)c1. The second kappa shape index (κ2) is 6.76. The number of hydrogen-bond donors (Lipinski definition) is 1. The van der Waals surface area contributed by atoms with Crippen LogP contribution < -0.4 is 0 Å². The predicted molar refractivity (Wildman–Crippen MR) is 79.7 cm³/mol. The number of aryl methyl sites for hydroxylation is 1. The number of phenols is 1. The van der Waals surface area contributed by atoms with E-state index in [0.29, 0.717) is 16.7 Å². The standard InChI is InChI=1S/C17H16O5/c1-11-5-3-8-14(15(11)18)17(20)22-10-12-6-4-7-13(9-12)16(19)21-2/h3-9,18H,10H2,1-2H3. The van der Waals surface area contributed by atoms with Gasteiger partial charge in [0.15, 0.2) is 0 Å². The largest absolute Gasteiger partial charge is 0.507 e. The van der Waals surface area contributed by atoms with Crippen molar-refractivity contribution in [2.24, 2.45) is 0 Å². The summed E-state index contributed by atoms with van der Waals surface area (Å²) in [5.41, 5.74) is 1.75. The average Bonchev–Trinajstić information content (AvgIpc) is 2.54. The molecule has 2 aromatic carbocycles. The molecule has 0 heterocycles. The Bertz CT molecular complexity index is 706. The van der Waals surface area contributed by atoms with E-state index in [4.69, 9.17) is 4.74 Å². The third-order valence-electron chi connectivity index (χ3n) is 3.18. The van der Waals surface area contributed by atoms with Crippen LogP contribution in [0.3, 0.4) is 0 Å². The van der Waals surface area contributed by atoms with E-state index >= 15 is 0 Å². The number of rotatable bonds is 4. The molecule has 0 spiro atoms. The van der Waals surface area contributed by atoms with Crippen LogP contribution >= 0.6 is 0 Å². The molecule has 5 nitrogen and oxygen atoms in total. The van der Waals surface area contributed by atoms with Crippen LogP contribution in [0.25, 0.3) is 0 Å². The summed E-state index contributed by atoms with van der Waals surface area (Å²) < 4.78 is 9.80. The van der Waals surface area contributed by atoms with Crippen LogP contribution in [0.4, 0.5) is 0 Å². The van der Waals surface area contributed by atoms with Crippen LogP contribution in [-0.4, -0.2) is 24.2 Å². The second-order valence-corrected chi connectivity index (χ2v) is 4.74. The minimum atomic E-state index is -0.621. The number of para-hydroxylation sites is 1. The smallest absolute Gasteiger partial charge is 0.342 e. The molecule has 0 saturated heterocycles. The van der Waals surface area contributed by atoms with Crippen molar-refractivity contribution in [2.45, 2.75) is 13.5 Å². The Balaban J connectivity index is 2.08. The van der Waals surface area contributed by atoms with E-state index < -0.39 is 11.9 Å². The number of phenolic OH excluding ortho intramolecular Hbond substituents is 1. The van der Waals surface area contributed by atoms with Gasteiger partial charge in [0, 0.05) is 0 Å². The van der Waals surface area contributed by atoms with Crippen LogP contribution in [0.5, 0.6) is 5.75 Å². The number of hydrogen-bond acceptors (Lipinski definition) is 5. The molecule has 2 rings (SSSR count). The van der Waals surface area contributed by atoms with Gasteiger partial charge in [-0.25, -0.2) is 9.59 Å². The highest BCUT2D eigenvalue weighted by atomic mass is 16.5. The first-order valence-electron chi connectivity index (χ1n) is 6.66. The van der Waals surface area contributed by atoms with E-state index in [1.807, 2.05) is 0 Å². The fourth-order valence-corrected chi connectivity index (χ4v) is 1.96. The number of aromatic hydroxyl groups is 1. The summed E-state index contributed by atoms with van der Waals surface area (Å²) in [6.45, 7) is 1.70. The Labute approximate surface area is 128 Å². The highest BCUT2D eigenvalue weighted by Crippen LogP contribution is 2.22. The highest BCUT2D eigenvalue weighted by molar-refractivity contribution is 5.93. The summed E-state index contributed by atoms with van der Waals surface area (Å²) in [5, 5.41) is 9.85. The van der Waals surface area contributed by atoms with Gasteiger partial charge in [-0.05, 0) is 36.2 Å². The molecule has 0 aliphatic carbocycles. The molecule has 0 unspecified atom stereocenters. The van der Waals surface area contributed by atoms with Crippen molar-refractivity contribution in [1.29, 1.82) is 0 Å². The number of ether oxygens (including phenoxy) is 2. The Morgan fingerprint density at radius 1 is 1.09 bits per heavy atom. The van der Waals surface area contributed by atoms with E-state index in [1.165, 1.54) is 13.2 Å².